The van der Waals surface area contributed by atoms with Crippen LogP contribution < -0.4 is 5.32 Å². The maximum atomic E-state index is 3.49. The van der Waals surface area contributed by atoms with E-state index in [0.29, 0.717) is 0 Å². The molecular weight excluding hydrogens is 294 g/mol. The van der Waals surface area contributed by atoms with Gasteiger partial charge in [0, 0.05) is 38.3 Å². The van der Waals surface area contributed by atoms with Gasteiger partial charge in [0.15, 0.2) is 0 Å². The summed E-state index contributed by atoms with van der Waals surface area (Å²) in [6.45, 7) is 19.0. The highest BCUT2D eigenvalue weighted by molar-refractivity contribution is 4.93. The highest BCUT2D eigenvalue weighted by atomic mass is 15.3. The predicted octanol–water partition coefficient (Wildman–Crippen LogP) is 3.84. The van der Waals surface area contributed by atoms with Crippen molar-refractivity contribution in [3.8, 4) is 0 Å². The summed E-state index contributed by atoms with van der Waals surface area (Å²) >= 11 is 0. The maximum Gasteiger partial charge on any atom is 0.0195 e. The van der Waals surface area contributed by atoms with Crippen LogP contribution in [0.25, 0.3) is 0 Å². The number of nitrogens with zero attached hydrogens (tertiary/aromatic N) is 2. The van der Waals surface area contributed by atoms with Gasteiger partial charge in [-0.05, 0) is 63.5 Å². The van der Waals surface area contributed by atoms with Gasteiger partial charge >= 0.3 is 0 Å². The molecule has 0 radical (unpaired) electrons. The Morgan fingerprint density at radius 1 is 1.08 bits per heavy atom. The topological polar surface area (TPSA) is 18.5 Å². The first-order valence-corrected chi connectivity index (χ1v) is 10.9. The van der Waals surface area contributed by atoms with Crippen molar-refractivity contribution < 1.29 is 0 Å². The summed E-state index contributed by atoms with van der Waals surface area (Å²) < 4.78 is 0. The van der Waals surface area contributed by atoms with E-state index >= 15 is 0 Å². The summed E-state index contributed by atoms with van der Waals surface area (Å²) in [5.41, 5.74) is 0. The van der Waals surface area contributed by atoms with Crippen molar-refractivity contribution >= 4 is 0 Å². The monoisotopic (exact) mass is 337 g/mol. The Bertz CT molecular complexity index is 334. The third-order valence-corrected chi connectivity index (χ3v) is 6.86. The molecule has 3 heteroatoms. The Morgan fingerprint density at radius 3 is 2.33 bits per heavy atom. The molecular formula is C21H43N3. The first kappa shape index (κ1) is 20.2. The molecule has 24 heavy (non-hydrogen) atoms. The van der Waals surface area contributed by atoms with Gasteiger partial charge in [0.1, 0.15) is 0 Å². The number of piperazine rings is 1. The standard InChI is InChI=1S/C19H37N3.C2H6/c1-4-15(2)18-11-19(12-18)22-10-9-21(16(3)13-22)14-17-5-7-20-8-6-17;1-2/h15-20H,4-14H2,1-3H3;1-2H3/t15?,16-,18?,19?;/m1./s1. The van der Waals surface area contributed by atoms with Crippen LogP contribution in [-0.2, 0) is 0 Å². The lowest BCUT2D eigenvalue weighted by molar-refractivity contribution is -0.00964. The summed E-state index contributed by atoms with van der Waals surface area (Å²) in [4.78, 5) is 5.58. The Morgan fingerprint density at radius 2 is 1.75 bits per heavy atom. The second-order valence-corrected chi connectivity index (χ2v) is 8.30. The van der Waals surface area contributed by atoms with E-state index in [0.717, 1.165) is 29.8 Å². The van der Waals surface area contributed by atoms with Gasteiger partial charge in [0.25, 0.3) is 0 Å². The molecule has 0 aromatic heterocycles. The third kappa shape index (κ3) is 5.19. The molecule has 1 saturated carbocycles. The van der Waals surface area contributed by atoms with Crippen LogP contribution in [0.1, 0.15) is 66.7 Å². The highest BCUT2D eigenvalue weighted by Crippen LogP contribution is 2.39. The van der Waals surface area contributed by atoms with E-state index in [1.165, 1.54) is 71.4 Å². The average Bonchev–Trinajstić information content (AvgIpc) is 2.58. The molecule has 3 nitrogen and oxygen atoms in total. The minimum absolute atomic E-state index is 0.756. The lowest BCUT2D eigenvalue weighted by Gasteiger charge is -2.50. The van der Waals surface area contributed by atoms with Crippen LogP contribution in [0.4, 0.5) is 0 Å². The van der Waals surface area contributed by atoms with Crippen molar-refractivity contribution in [3.05, 3.63) is 0 Å². The van der Waals surface area contributed by atoms with Crippen LogP contribution in [0.5, 0.6) is 0 Å². The van der Waals surface area contributed by atoms with E-state index in [2.05, 4.69) is 35.9 Å². The Hall–Kier alpha value is -0.120. The molecule has 1 unspecified atom stereocenters. The molecule has 0 spiro atoms. The number of hydrogen-bond donors (Lipinski definition) is 1. The number of rotatable bonds is 5. The van der Waals surface area contributed by atoms with Gasteiger partial charge in [-0.2, -0.15) is 0 Å². The lowest BCUT2D eigenvalue weighted by Crippen LogP contribution is -2.58. The van der Waals surface area contributed by atoms with Crippen LogP contribution in [0.15, 0.2) is 0 Å². The zero-order chi connectivity index (χ0) is 17.5. The van der Waals surface area contributed by atoms with Gasteiger partial charge in [0.2, 0.25) is 0 Å². The van der Waals surface area contributed by atoms with Crippen LogP contribution in [0.2, 0.25) is 0 Å². The number of nitrogens with one attached hydrogen (secondary N) is 1. The quantitative estimate of drug-likeness (QED) is 0.822. The first-order chi connectivity index (χ1) is 11.7. The van der Waals surface area contributed by atoms with Crippen LogP contribution in [0.3, 0.4) is 0 Å². The fourth-order valence-electron chi connectivity index (χ4n) is 4.75. The summed E-state index contributed by atoms with van der Waals surface area (Å²) in [6, 6.07) is 1.66. The Balaban J connectivity index is 0.00000100. The highest BCUT2D eigenvalue weighted by Gasteiger charge is 2.38. The van der Waals surface area contributed by atoms with Crippen molar-refractivity contribution in [2.24, 2.45) is 17.8 Å². The van der Waals surface area contributed by atoms with Crippen LogP contribution in [-0.4, -0.2) is 61.2 Å². The van der Waals surface area contributed by atoms with Crippen molar-refractivity contribution in [1.82, 2.24) is 15.1 Å². The molecule has 0 bridgehead atoms. The Kier molecular flexibility index (Phi) is 8.53. The molecule has 2 heterocycles. The van der Waals surface area contributed by atoms with Gasteiger partial charge in [-0.3, -0.25) is 9.80 Å². The molecule has 2 aliphatic heterocycles. The second kappa shape index (κ2) is 10.1. The van der Waals surface area contributed by atoms with Crippen molar-refractivity contribution in [3.63, 3.8) is 0 Å². The molecule has 2 atom stereocenters. The van der Waals surface area contributed by atoms with Crippen LogP contribution in [0, 0.1) is 17.8 Å². The summed E-state index contributed by atoms with van der Waals surface area (Å²) in [7, 11) is 0. The fourth-order valence-corrected chi connectivity index (χ4v) is 4.75. The smallest absolute Gasteiger partial charge is 0.0195 e. The predicted molar refractivity (Wildman–Crippen MR) is 106 cm³/mol. The van der Waals surface area contributed by atoms with E-state index in [9.17, 15) is 0 Å². The molecule has 3 aliphatic rings. The molecule has 142 valence electrons. The van der Waals surface area contributed by atoms with Gasteiger partial charge in [-0.15, -0.1) is 0 Å². The number of hydrogen-bond acceptors (Lipinski definition) is 3. The van der Waals surface area contributed by atoms with E-state index in [4.69, 9.17) is 0 Å². The van der Waals surface area contributed by atoms with Crippen molar-refractivity contribution in [2.75, 3.05) is 39.3 Å². The van der Waals surface area contributed by atoms with E-state index in [-0.39, 0.29) is 0 Å². The largest absolute Gasteiger partial charge is 0.317 e. The zero-order valence-electron chi connectivity index (χ0n) is 17.1. The number of piperidine rings is 1. The molecule has 1 N–H and O–H groups in total. The summed E-state index contributed by atoms with van der Waals surface area (Å²) in [5, 5.41) is 3.49. The molecule has 1 aliphatic carbocycles. The zero-order valence-corrected chi connectivity index (χ0v) is 17.1. The van der Waals surface area contributed by atoms with Crippen molar-refractivity contribution in [1.29, 1.82) is 0 Å². The maximum absolute atomic E-state index is 3.49. The van der Waals surface area contributed by atoms with E-state index in [1.54, 1.807) is 0 Å². The second-order valence-electron chi connectivity index (χ2n) is 8.30. The Labute approximate surface area is 151 Å². The van der Waals surface area contributed by atoms with Gasteiger partial charge in [-0.1, -0.05) is 34.1 Å². The molecule has 3 fully saturated rings. The minimum atomic E-state index is 0.756. The van der Waals surface area contributed by atoms with Gasteiger partial charge in [-0.25, -0.2) is 0 Å². The minimum Gasteiger partial charge on any atom is -0.317 e. The lowest BCUT2D eigenvalue weighted by atomic mass is 9.71. The van der Waals surface area contributed by atoms with Gasteiger partial charge < -0.3 is 5.32 Å². The SMILES string of the molecule is CC.CCC(C)C1CC(N2CCN(CC3CCNCC3)[C@H](C)C2)C1. The molecule has 0 aromatic rings. The van der Waals surface area contributed by atoms with E-state index < -0.39 is 0 Å². The third-order valence-electron chi connectivity index (χ3n) is 6.86. The fraction of sp³-hybridized carbons (Fsp3) is 1.00. The van der Waals surface area contributed by atoms with E-state index in [1.807, 2.05) is 13.8 Å². The first-order valence-electron chi connectivity index (χ1n) is 10.9. The molecule has 2 saturated heterocycles. The molecule has 3 rings (SSSR count). The normalized spacial score (nSPS) is 34.1. The average molecular weight is 338 g/mol. The van der Waals surface area contributed by atoms with Gasteiger partial charge in [0.05, 0.1) is 0 Å². The molecule has 0 aromatic carbocycles. The van der Waals surface area contributed by atoms with Crippen LogP contribution >= 0.6 is 0 Å². The molecule has 0 amide bonds. The van der Waals surface area contributed by atoms with Crippen molar-refractivity contribution in [2.45, 2.75) is 78.8 Å². The summed E-state index contributed by atoms with van der Waals surface area (Å²) in [6.07, 6.45) is 7.06. The summed E-state index contributed by atoms with van der Waals surface area (Å²) in [5.74, 6) is 2.89.